The second-order valence-electron chi connectivity index (χ2n) is 5.45. The maximum absolute atomic E-state index is 12.1. The maximum atomic E-state index is 12.1. The van der Waals surface area contributed by atoms with Crippen LogP contribution >= 0.6 is 23.1 Å². The predicted octanol–water partition coefficient (Wildman–Crippen LogP) is 3.29. The molecular formula is C18H15N5OS2. The van der Waals surface area contributed by atoms with Crippen LogP contribution in [0.4, 0.5) is 0 Å². The van der Waals surface area contributed by atoms with E-state index in [2.05, 4.69) is 20.4 Å². The summed E-state index contributed by atoms with van der Waals surface area (Å²) in [7, 11) is 0. The van der Waals surface area contributed by atoms with E-state index in [9.17, 15) is 4.79 Å². The van der Waals surface area contributed by atoms with Gasteiger partial charge in [0.15, 0.2) is 5.65 Å². The highest BCUT2D eigenvalue weighted by atomic mass is 32.2. The fourth-order valence-electron chi connectivity index (χ4n) is 2.48. The lowest BCUT2D eigenvalue weighted by atomic mass is 10.3. The Bertz CT molecular complexity index is 1010. The van der Waals surface area contributed by atoms with Gasteiger partial charge in [-0.25, -0.2) is 14.6 Å². The van der Waals surface area contributed by atoms with Crippen LogP contribution in [-0.4, -0.2) is 31.4 Å². The summed E-state index contributed by atoms with van der Waals surface area (Å²) < 4.78 is 1.78. The summed E-state index contributed by atoms with van der Waals surface area (Å²) in [6.45, 7) is 0.558. The Morgan fingerprint density at radius 2 is 2.04 bits per heavy atom. The molecule has 130 valence electrons. The Labute approximate surface area is 158 Å². The Morgan fingerprint density at radius 1 is 1.15 bits per heavy atom. The first-order chi connectivity index (χ1) is 12.8. The van der Waals surface area contributed by atoms with E-state index in [1.54, 1.807) is 22.2 Å². The molecular weight excluding hydrogens is 366 g/mol. The van der Waals surface area contributed by atoms with Gasteiger partial charge in [-0.2, -0.15) is 5.10 Å². The summed E-state index contributed by atoms with van der Waals surface area (Å²) in [5.74, 6) is 0.277. The van der Waals surface area contributed by atoms with Crippen molar-refractivity contribution < 1.29 is 4.79 Å². The van der Waals surface area contributed by atoms with Crippen molar-refractivity contribution in [3.8, 4) is 5.69 Å². The number of fused-ring (bicyclic) bond motifs is 1. The lowest BCUT2D eigenvalue weighted by molar-refractivity contribution is -0.118. The zero-order valence-corrected chi connectivity index (χ0v) is 15.3. The van der Waals surface area contributed by atoms with Crippen LogP contribution in [0.2, 0.25) is 0 Å². The average Bonchev–Trinajstić information content (AvgIpc) is 3.35. The second-order valence-corrected chi connectivity index (χ2v) is 7.45. The third-order valence-corrected chi connectivity index (χ3v) is 5.59. The van der Waals surface area contributed by atoms with Crippen molar-refractivity contribution in [2.75, 3.05) is 5.75 Å². The number of thiophene rings is 1. The minimum absolute atomic E-state index is 0.0226. The first kappa shape index (κ1) is 16.7. The van der Waals surface area contributed by atoms with Crippen molar-refractivity contribution in [1.82, 2.24) is 25.1 Å². The first-order valence-electron chi connectivity index (χ1n) is 7.97. The summed E-state index contributed by atoms with van der Waals surface area (Å²) in [6.07, 6.45) is 3.25. The van der Waals surface area contributed by atoms with E-state index in [1.165, 1.54) is 18.1 Å². The summed E-state index contributed by atoms with van der Waals surface area (Å²) in [5, 5.41) is 10.9. The fourth-order valence-corrected chi connectivity index (χ4v) is 3.92. The molecule has 26 heavy (non-hydrogen) atoms. The largest absolute Gasteiger partial charge is 0.350 e. The molecule has 0 bridgehead atoms. The number of nitrogens with one attached hydrogen (secondary N) is 1. The van der Waals surface area contributed by atoms with Gasteiger partial charge in [0.25, 0.3) is 0 Å². The normalized spacial score (nSPS) is 10.9. The van der Waals surface area contributed by atoms with Gasteiger partial charge in [-0.05, 0) is 23.6 Å². The number of benzene rings is 1. The molecule has 1 aromatic carbocycles. The molecule has 0 spiro atoms. The predicted molar refractivity (Wildman–Crippen MR) is 104 cm³/mol. The minimum atomic E-state index is -0.0226. The van der Waals surface area contributed by atoms with E-state index in [4.69, 9.17) is 0 Å². The van der Waals surface area contributed by atoms with Crippen LogP contribution in [-0.2, 0) is 11.3 Å². The molecule has 3 aromatic heterocycles. The van der Waals surface area contributed by atoms with Crippen molar-refractivity contribution in [2.24, 2.45) is 0 Å². The van der Waals surface area contributed by atoms with E-state index in [-0.39, 0.29) is 5.91 Å². The highest BCUT2D eigenvalue weighted by Crippen LogP contribution is 2.25. The Balaban J connectivity index is 1.47. The molecule has 0 saturated heterocycles. The van der Waals surface area contributed by atoms with Crippen molar-refractivity contribution in [2.45, 2.75) is 11.6 Å². The number of aromatic nitrogens is 4. The molecule has 0 aliphatic heterocycles. The third-order valence-electron chi connectivity index (χ3n) is 3.71. The van der Waals surface area contributed by atoms with Crippen LogP contribution in [0, 0.1) is 0 Å². The number of hydrogen-bond donors (Lipinski definition) is 1. The first-order valence-corrected chi connectivity index (χ1v) is 9.84. The molecule has 6 nitrogen and oxygen atoms in total. The summed E-state index contributed by atoms with van der Waals surface area (Å²) >= 11 is 3.02. The second kappa shape index (κ2) is 7.67. The summed E-state index contributed by atoms with van der Waals surface area (Å²) in [6, 6.07) is 13.8. The monoisotopic (exact) mass is 381 g/mol. The smallest absolute Gasteiger partial charge is 0.230 e. The van der Waals surface area contributed by atoms with Gasteiger partial charge in [-0.15, -0.1) is 11.3 Å². The number of carbonyl (C=O) groups excluding carboxylic acids is 1. The number of rotatable bonds is 6. The van der Waals surface area contributed by atoms with E-state index in [0.29, 0.717) is 12.3 Å². The molecule has 0 atom stereocenters. The van der Waals surface area contributed by atoms with Crippen LogP contribution in [0.5, 0.6) is 0 Å². The molecule has 3 heterocycles. The SMILES string of the molecule is O=C(CSc1ncnc2c1cnn2-c1ccccc1)NCc1cccs1. The molecule has 4 rings (SSSR count). The number of para-hydroxylation sites is 1. The van der Waals surface area contributed by atoms with Crippen molar-refractivity contribution in [3.05, 3.63) is 65.2 Å². The van der Waals surface area contributed by atoms with Crippen LogP contribution < -0.4 is 5.32 Å². The summed E-state index contributed by atoms with van der Waals surface area (Å²) in [5.41, 5.74) is 1.67. The number of amides is 1. The quantitative estimate of drug-likeness (QED) is 0.410. The fraction of sp³-hybridized carbons (Fsp3) is 0.111. The molecule has 0 aliphatic rings. The molecule has 0 aliphatic carbocycles. The topological polar surface area (TPSA) is 72.7 Å². The Morgan fingerprint density at radius 3 is 2.85 bits per heavy atom. The van der Waals surface area contributed by atoms with E-state index < -0.39 is 0 Å². The van der Waals surface area contributed by atoms with Gasteiger partial charge < -0.3 is 5.32 Å². The van der Waals surface area contributed by atoms with Crippen LogP contribution in [0.1, 0.15) is 4.88 Å². The van der Waals surface area contributed by atoms with Crippen LogP contribution in [0.15, 0.2) is 65.4 Å². The number of thioether (sulfide) groups is 1. The Hall–Kier alpha value is -2.71. The summed E-state index contributed by atoms with van der Waals surface area (Å²) in [4.78, 5) is 21.9. The molecule has 0 fully saturated rings. The molecule has 0 saturated carbocycles. The van der Waals surface area contributed by atoms with Crippen molar-refractivity contribution in [1.29, 1.82) is 0 Å². The molecule has 1 amide bonds. The van der Waals surface area contributed by atoms with Crippen LogP contribution in [0.25, 0.3) is 16.7 Å². The van der Waals surface area contributed by atoms with Gasteiger partial charge in [-0.3, -0.25) is 4.79 Å². The zero-order valence-electron chi connectivity index (χ0n) is 13.7. The van der Waals surface area contributed by atoms with E-state index in [1.807, 2.05) is 47.8 Å². The van der Waals surface area contributed by atoms with Gasteiger partial charge in [0.2, 0.25) is 5.91 Å². The molecule has 8 heteroatoms. The highest BCUT2D eigenvalue weighted by Gasteiger charge is 2.13. The van der Waals surface area contributed by atoms with Gasteiger partial charge in [0, 0.05) is 4.88 Å². The average molecular weight is 381 g/mol. The van der Waals surface area contributed by atoms with E-state index in [0.717, 1.165) is 26.6 Å². The Kier molecular flexibility index (Phi) is 4.94. The van der Waals surface area contributed by atoms with Gasteiger partial charge in [0.1, 0.15) is 11.4 Å². The maximum Gasteiger partial charge on any atom is 0.230 e. The number of nitrogens with zero attached hydrogens (tertiary/aromatic N) is 4. The molecule has 0 unspecified atom stereocenters. The minimum Gasteiger partial charge on any atom is -0.350 e. The lowest BCUT2D eigenvalue weighted by Crippen LogP contribution is -2.24. The van der Waals surface area contributed by atoms with Gasteiger partial charge >= 0.3 is 0 Å². The number of hydrogen-bond acceptors (Lipinski definition) is 6. The molecule has 1 N–H and O–H groups in total. The molecule has 0 radical (unpaired) electrons. The highest BCUT2D eigenvalue weighted by molar-refractivity contribution is 8.00. The van der Waals surface area contributed by atoms with E-state index >= 15 is 0 Å². The lowest BCUT2D eigenvalue weighted by Gasteiger charge is -2.05. The standard InChI is InChI=1S/C18H15N5OS2/c24-16(19-9-14-7-4-8-25-14)11-26-18-15-10-22-23(17(15)20-12-21-18)13-5-2-1-3-6-13/h1-8,10,12H,9,11H2,(H,19,24). The molecule has 4 aromatic rings. The van der Waals surface area contributed by atoms with Crippen molar-refractivity contribution >= 4 is 40.0 Å². The van der Waals surface area contributed by atoms with Crippen molar-refractivity contribution in [3.63, 3.8) is 0 Å². The third kappa shape index (κ3) is 3.61. The zero-order chi connectivity index (χ0) is 17.8. The van der Waals surface area contributed by atoms with Gasteiger partial charge in [0.05, 0.1) is 29.6 Å². The van der Waals surface area contributed by atoms with Crippen LogP contribution in [0.3, 0.4) is 0 Å². The number of carbonyl (C=O) groups is 1. The van der Waals surface area contributed by atoms with Gasteiger partial charge in [-0.1, -0.05) is 36.0 Å².